The highest BCUT2D eigenvalue weighted by Crippen LogP contribution is 2.25. The first-order valence-electron chi connectivity index (χ1n) is 1.55. The molecular formula is C3H6F2S. The first-order valence-corrected chi connectivity index (χ1v) is 2.26. The second-order valence-corrected chi connectivity index (χ2v) is 2.57. The number of halogens is 2. The van der Waals surface area contributed by atoms with Crippen molar-refractivity contribution in [3.05, 3.63) is 0 Å². The Balaban J connectivity index is 3.17. The van der Waals surface area contributed by atoms with Crippen LogP contribution in [0.1, 0.15) is 13.8 Å². The molecule has 0 N–H and O–H groups in total. The summed E-state index contributed by atoms with van der Waals surface area (Å²) >= 11 is -0.285. The van der Waals surface area contributed by atoms with Crippen LogP contribution in [0.2, 0.25) is 0 Å². The quantitative estimate of drug-likeness (QED) is 0.501. The molecule has 3 heteroatoms. The molecule has 0 aliphatic rings. The minimum absolute atomic E-state index is 0.285. The van der Waals surface area contributed by atoms with Gasteiger partial charge in [0.05, 0.1) is 12.1 Å². The topological polar surface area (TPSA) is 0 Å². The molecule has 0 aromatic rings. The van der Waals surface area contributed by atoms with Crippen LogP contribution in [0.25, 0.3) is 0 Å². The molecule has 0 amide bonds. The first kappa shape index (κ1) is 6.21. The van der Waals surface area contributed by atoms with Crippen LogP contribution < -0.4 is 0 Å². The van der Waals surface area contributed by atoms with Crippen molar-refractivity contribution in [3.8, 4) is 0 Å². The van der Waals surface area contributed by atoms with Gasteiger partial charge in [-0.15, -0.1) is 0 Å². The summed E-state index contributed by atoms with van der Waals surface area (Å²) in [5, 5.41) is -1.71. The molecular weight excluding hydrogens is 106 g/mol. The summed E-state index contributed by atoms with van der Waals surface area (Å²) in [6.07, 6.45) is 0. The Morgan fingerprint density at radius 3 is 1.67 bits per heavy atom. The van der Waals surface area contributed by atoms with Crippen molar-refractivity contribution in [1.82, 2.24) is 0 Å². The molecule has 0 spiro atoms. The molecule has 0 saturated carbocycles. The van der Waals surface area contributed by atoms with E-state index < -0.39 is 5.00 Å². The second kappa shape index (κ2) is 1.78. The zero-order chi connectivity index (χ0) is 5.21. The zero-order valence-electron chi connectivity index (χ0n) is 3.66. The van der Waals surface area contributed by atoms with Crippen LogP contribution in [0, 0.1) is 0 Å². The lowest BCUT2D eigenvalue weighted by Crippen LogP contribution is -2.00. The van der Waals surface area contributed by atoms with Crippen LogP contribution >= 0.6 is 12.1 Å². The molecule has 0 saturated heterocycles. The Morgan fingerprint density at radius 2 is 1.67 bits per heavy atom. The van der Waals surface area contributed by atoms with E-state index in [2.05, 4.69) is 0 Å². The summed E-state index contributed by atoms with van der Waals surface area (Å²) < 4.78 is 22.7. The van der Waals surface area contributed by atoms with Gasteiger partial charge in [-0.05, 0) is 13.8 Å². The summed E-state index contributed by atoms with van der Waals surface area (Å²) in [5.41, 5.74) is 0. The van der Waals surface area contributed by atoms with Crippen LogP contribution in [0.5, 0.6) is 0 Å². The van der Waals surface area contributed by atoms with Gasteiger partial charge in [-0.1, -0.05) is 0 Å². The Kier molecular flexibility index (Phi) is 1.84. The van der Waals surface area contributed by atoms with Crippen LogP contribution in [0.3, 0.4) is 0 Å². The number of alkyl halides is 1. The van der Waals surface area contributed by atoms with E-state index in [0.29, 0.717) is 0 Å². The fraction of sp³-hybridized carbons (Fsp3) is 1.00. The molecule has 0 aromatic carbocycles. The molecule has 0 aromatic heterocycles. The molecule has 0 bridgehead atoms. The normalized spacial score (nSPS) is 12.0. The van der Waals surface area contributed by atoms with Gasteiger partial charge >= 0.3 is 0 Å². The molecule has 0 atom stereocenters. The summed E-state index contributed by atoms with van der Waals surface area (Å²) in [7, 11) is 0. The summed E-state index contributed by atoms with van der Waals surface area (Å²) in [4.78, 5) is 0. The van der Waals surface area contributed by atoms with Crippen molar-refractivity contribution >= 4 is 12.1 Å². The lowest BCUT2D eigenvalue weighted by molar-refractivity contribution is 0.340. The van der Waals surface area contributed by atoms with Crippen LogP contribution in [0.15, 0.2) is 0 Å². The molecule has 0 heterocycles. The summed E-state index contributed by atoms with van der Waals surface area (Å²) in [6.45, 7) is 2.33. The number of hydrogen-bond acceptors (Lipinski definition) is 1. The Morgan fingerprint density at radius 1 is 1.50 bits per heavy atom. The largest absolute Gasteiger partial charge is 0.230 e. The molecule has 38 valence electrons. The molecule has 0 rings (SSSR count). The average molecular weight is 112 g/mol. The first-order chi connectivity index (χ1) is 2.56. The van der Waals surface area contributed by atoms with Gasteiger partial charge in [-0.2, -0.15) is 3.89 Å². The molecule has 0 nitrogen and oxygen atoms in total. The monoisotopic (exact) mass is 112 g/mol. The third kappa shape index (κ3) is 4.21. The van der Waals surface area contributed by atoms with E-state index in [1.54, 1.807) is 0 Å². The highest BCUT2D eigenvalue weighted by Gasteiger charge is 2.14. The maximum Gasteiger partial charge on any atom is 0.181 e. The van der Waals surface area contributed by atoms with Gasteiger partial charge in [0, 0.05) is 0 Å². The Labute approximate surface area is 40.2 Å². The average Bonchev–Trinajstić information content (AvgIpc) is 1.35. The van der Waals surface area contributed by atoms with Gasteiger partial charge in [0.15, 0.2) is 5.00 Å². The third-order valence-electron chi connectivity index (χ3n) is 0.183. The predicted molar refractivity (Wildman–Crippen MR) is 23.9 cm³/mol. The minimum atomic E-state index is -1.71. The highest BCUT2D eigenvalue weighted by molar-refractivity contribution is 7.95. The molecule has 0 radical (unpaired) electrons. The van der Waals surface area contributed by atoms with Crippen LogP contribution in [0.4, 0.5) is 8.28 Å². The van der Waals surface area contributed by atoms with Gasteiger partial charge in [0.25, 0.3) is 0 Å². The van der Waals surface area contributed by atoms with Gasteiger partial charge in [-0.3, -0.25) is 0 Å². The fourth-order valence-electron chi connectivity index (χ4n) is 0. The van der Waals surface area contributed by atoms with Gasteiger partial charge in [0.1, 0.15) is 0 Å². The van der Waals surface area contributed by atoms with Crippen LogP contribution in [-0.4, -0.2) is 5.00 Å². The van der Waals surface area contributed by atoms with E-state index in [9.17, 15) is 8.28 Å². The van der Waals surface area contributed by atoms with E-state index in [1.165, 1.54) is 0 Å². The van der Waals surface area contributed by atoms with Gasteiger partial charge in [-0.25, -0.2) is 4.39 Å². The van der Waals surface area contributed by atoms with Crippen molar-refractivity contribution in [2.24, 2.45) is 0 Å². The standard InChI is InChI=1S/C3H6F2S/c1-3(2,4)6-5/h1-2H3. The van der Waals surface area contributed by atoms with E-state index in [-0.39, 0.29) is 12.1 Å². The lowest BCUT2D eigenvalue weighted by Gasteiger charge is -2.02. The minimum Gasteiger partial charge on any atom is -0.230 e. The summed E-state index contributed by atoms with van der Waals surface area (Å²) in [6, 6.07) is 0. The van der Waals surface area contributed by atoms with Gasteiger partial charge < -0.3 is 0 Å². The summed E-state index contributed by atoms with van der Waals surface area (Å²) in [5.74, 6) is 0. The Bertz CT molecular complexity index is 38.5. The fourth-order valence-corrected chi connectivity index (χ4v) is 0. The van der Waals surface area contributed by atoms with E-state index in [4.69, 9.17) is 0 Å². The molecule has 0 fully saturated rings. The molecule has 0 aliphatic heterocycles. The molecule has 0 aliphatic carbocycles. The lowest BCUT2D eigenvalue weighted by atomic mass is 10.5. The van der Waals surface area contributed by atoms with E-state index in [1.807, 2.05) is 0 Å². The second-order valence-electron chi connectivity index (χ2n) is 1.44. The smallest absolute Gasteiger partial charge is 0.181 e. The zero-order valence-corrected chi connectivity index (χ0v) is 4.48. The van der Waals surface area contributed by atoms with Crippen molar-refractivity contribution in [3.63, 3.8) is 0 Å². The van der Waals surface area contributed by atoms with Crippen molar-refractivity contribution in [2.75, 3.05) is 0 Å². The van der Waals surface area contributed by atoms with Crippen molar-refractivity contribution < 1.29 is 8.28 Å². The SMILES string of the molecule is CC(C)(F)SF. The molecule has 0 unspecified atom stereocenters. The van der Waals surface area contributed by atoms with Crippen molar-refractivity contribution in [2.45, 2.75) is 18.8 Å². The van der Waals surface area contributed by atoms with E-state index >= 15 is 0 Å². The third-order valence-corrected chi connectivity index (χ3v) is 0.550. The maximum atomic E-state index is 11.7. The number of hydrogen-bond donors (Lipinski definition) is 0. The van der Waals surface area contributed by atoms with Crippen LogP contribution in [-0.2, 0) is 0 Å². The predicted octanol–water partition coefficient (Wildman–Crippen LogP) is 2.31. The molecule has 6 heavy (non-hydrogen) atoms. The van der Waals surface area contributed by atoms with E-state index in [0.717, 1.165) is 13.8 Å². The van der Waals surface area contributed by atoms with Gasteiger partial charge in [0.2, 0.25) is 0 Å². The van der Waals surface area contributed by atoms with Crippen molar-refractivity contribution in [1.29, 1.82) is 0 Å². The highest BCUT2D eigenvalue weighted by atomic mass is 32.2. The Hall–Kier alpha value is 0.210. The number of rotatable bonds is 1. The maximum absolute atomic E-state index is 11.7.